The zero-order valence-electron chi connectivity index (χ0n) is 16.4. The van der Waals surface area contributed by atoms with Gasteiger partial charge in [-0.15, -0.1) is 0 Å². The molecule has 3 heteroatoms. The summed E-state index contributed by atoms with van der Waals surface area (Å²) in [7, 11) is 6.33. The van der Waals surface area contributed by atoms with Gasteiger partial charge in [-0.05, 0) is 34.9 Å². The quantitative estimate of drug-likeness (QED) is 0.400. The lowest BCUT2D eigenvalue weighted by atomic mass is 9.72. The average Bonchev–Trinajstić information content (AvgIpc) is 2.34. The fraction of sp³-hybridized carbons (Fsp3) is 0.700. The van der Waals surface area contributed by atoms with Gasteiger partial charge in [-0.3, -0.25) is 0 Å². The molecule has 0 amide bonds. The molecule has 0 heterocycles. The number of benzene rings is 1. The van der Waals surface area contributed by atoms with Crippen molar-refractivity contribution in [2.45, 2.75) is 46.5 Å². The third kappa shape index (κ3) is 8.38. The van der Waals surface area contributed by atoms with Crippen LogP contribution in [-0.2, 0) is 10.2 Å². The SMILES string of the molecule is CC(C)(C)CC(C)(C)c1ccc(OCCOC[N+](C)(C)C)cc1. The Bertz CT molecular complexity index is 464. The molecular formula is C20H36NO2+. The van der Waals surface area contributed by atoms with Gasteiger partial charge in [-0.1, -0.05) is 46.8 Å². The van der Waals surface area contributed by atoms with E-state index in [1.807, 2.05) is 0 Å². The monoisotopic (exact) mass is 322 g/mol. The van der Waals surface area contributed by atoms with Crippen molar-refractivity contribution in [1.82, 2.24) is 0 Å². The summed E-state index contributed by atoms with van der Waals surface area (Å²) in [4.78, 5) is 0. The molecule has 0 saturated carbocycles. The zero-order valence-corrected chi connectivity index (χ0v) is 16.4. The van der Waals surface area contributed by atoms with Gasteiger partial charge in [-0.2, -0.15) is 0 Å². The summed E-state index contributed by atoms with van der Waals surface area (Å²) in [5.74, 6) is 0.911. The molecular weight excluding hydrogens is 286 g/mol. The minimum atomic E-state index is 0.171. The summed E-state index contributed by atoms with van der Waals surface area (Å²) >= 11 is 0. The number of quaternary nitrogens is 1. The normalized spacial score (nSPS) is 13.2. The molecule has 23 heavy (non-hydrogen) atoms. The van der Waals surface area contributed by atoms with Crippen LogP contribution in [0.25, 0.3) is 0 Å². The van der Waals surface area contributed by atoms with Gasteiger partial charge in [0.1, 0.15) is 12.4 Å². The van der Waals surface area contributed by atoms with Gasteiger partial charge in [0.05, 0.1) is 27.7 Å². The lowest BCUT2D eigenvalue weighted by Gasteiger charge is -2.33. The van der Waals surface area contributed by atoms with Crippen LogP contribution in [0.3, 0.4) is 0 Å². The molecule has 0 N–H and O–H groups in total. The molecule has 0 aliphatic rings. The Balaban J connectivity index is 2.47. The van der Waals surface area contributed by atoms with Crippen molar-refractivity contribution >= 4 is 0 Å². The van der Waals surface area contributed by atoms with Crippen LogP contribution in [0.2, 0.25) is 0 Å². The van der Waals surface area contributed by atoms with E-state index >= 15 is 0 Å². The Kier molecular flexibility index (Phi) is 6.67. The third-order valence-electron chi connectivity index (χ3n) is 3.58. The summed E-state index contributed by atoms with van der Waals surface area (Å²) in [6, 6.07) is 8.51. The highest BCUT2D eigenvalue weighted by Crippen LogP contribution is 2.36. The molecule has 3 nitrogen and oxygen atoms in total. The van der Waals surface area contributed by atoms with E-state index in [0.29, 0.717) is 25.4 Å². The molecule has 0 radical (unpaired) electrons. The Labute approximate surface area is 143 Å². The Morgan fingerprint density at radius 3 is 1.91 bits per heavy atom. The predicted octanol–water partition coefficient (Wildman–Crippen LogP) is 4.46. The van der Waals surface area contributed by atoms with Gasteiger partial charge in [0.2, 0.25) is 0 Å². The predicted molar refractivity (Wildman–Crippen MR) is 97.9 cm³/mol. The lowest BCUT2D eigenvalue weighted by molar-refractivity contribution is -0.890. The molecule has 0 bridgehead atoms. The minimum absolute atomic E-state index is 0.171. The van der Waals surface area contributed by atoms with E-state index in [1.54, 1.807) is 0 Å². The molecule has 0 saturated heterocycles. The Morgan fingerprint density at radius 1 is 0.870 bits per heavy atom. The van der Waals surface area contributed by atoms with Crippen molar-refractivity contribution < 1.29 is 14.0 Å². The molecule has 0 spiro atoms. The van der Waals surface area contributed by atoms with Crippen molar-refractivity contribution in [3.63, 3.8) is 0 Å². The molecule has 0 aliphatic heterocycles. The molecule has 1 aromatic rings. The molecule has 0 unspecified atom stereocenters. The summed E-state index contributed by atoms with van der Waals surface area (Å²) in [5, 5.41) is 0. The van der Waals surface area contributed by atoms with E-state index in [9.17, 15) is 0 Å². The maximum Gasteiger partial charge on any atom is 0.182 e. The first-order valence-electron chi connectivity index (χ1n) is 8.51. The Morgan fingerprint density at radius 2 is 1.43 bits per heavy atom. The van der Waals surface area contributed by atoms with E-state index in [1.165, 1.54) is 5.56 Å². The molecule has 1 aromatic carbocycles. The number of hydrogen-bond acceptors (Lipinski definition) is 2. The summed E-state index contributed by atoms with van der Waals surface area (Å²) in [6.45, 7) is 13.4. The zero-order chi connectivity index (χ0) is 17.7. The van der Waals surface area contributed by atoms with Gasteiger partial charge < -0.3 is 14.0 Å². The van der Waals surface area contributed by atoms with Crippen LogP contribution in [-0.4, -0.2) is 45.6 Å². The molecule has 0 aromatic heterocycles. The van der Waals surface area contributed by atoms with Crippen LogP contribution in [0, 0.1) is 5.41 Å². The van der Waals surface area contributed by atoms with Crippen LogP contribution < -0.4 is 4.74 Å². The standard InChI is InChI=1S/C20H36NO2/c1-19(2,3)15-20(4,5)17-9-11-18(12-10-17)23-14-13-22-16-21(6,7)8/h9-12H,13-16H2,1-8H3/q+1. The van der Waals surface area contributed by atoms with Gasteiger partial charge in [0, 0.05) is 0 Å². The lowest BCUT2D eigenvalue weighted by Crippen LogP contribution is -2.37. The van der Waals surface area contributed by atoms with Gasteiger partial charge in [-0.25, -0.2) is 0 Å². The fourth-order valence-electron chi connectivity index (χ4n) is 2.99. The second-order valence-electron chi connectivity index (χ2n) is 9.32. The topological polar surface area (TPSA) is 18.5 Å². The molecule has 132 valence electrons. The van der Waals surface area contributed by atoms with E-state index in [2.05, 4.69) is 80.0 Å². The molecule has 0 fully saturated rings. The molecule has 1 rings (SSSR count). The first-order chi connectivity index (χ1) is 10.4. The summed E-state index contributed by atoms with van der Waals surface area (Å²) < 4.78 is 12.2. The highest BCUT2D eigenvalue weighted by Gasteiger charge is 2.27. The highest BCUT2D eigenvalue weighted by molar-refractivity contribution is 5.31. The minimum Gasteiger partial charge on any atom is -0.491 e. The van der Waals surface area contributed by atoms with Crippen molar-refractivity contribution in [2.24, 2.45) is 5.41 Å². The number of nitrogens with zero attached hydrogens (tertiary/aromatic N) is 1. The average molecular weight is 323 g/mol. The van der Waals surface area contributed by atoms with Gasteiger partial charge in [0.25, 0.3) is 0 Å². The van der Waals surface area contributed by atoms with Gasteiger partial charge in [0.15, 0.2) is 6.73 Å². The van der Waals surface area contributed by atoms with E-state index in [0.717, 1.165) is 16.7 Å². The smallest absolute Gasteiger partial charge is 0.182 e. The van der Waals surface area contributed by atoms with Crippen molar-refractivity contribution in [1.29, 1.82) is 0 Å². The summed E-state index contributed by atoms with van der Waals surface area (Å²) in [5.41, 5.74) is 1.85. The molecule has 0 aliphatic carbocycles. The Hall–Kier alpha value is -1.06. The van der Waals surface area contributed by atoms with E-state index in [4.69, 9.17) is 9.47 Å². The van der Waals surface area contributed by atoms with Crippen molar-refractivity contribution in [2.75, 3.05) is 41.1 Å². The number of rotatable bonds is 8. The van der Waals surface area contributed by atoms with Crippen LogP contribution in [0.1, 0.15) is 46.6 Å². The van der Waals surface area contributed by atoms with E-state index < -0.39 is 0 Å². The second kappa shape index (κ2) is 7.67. The first kappa shape index (κ1) is 20.0. The van der Waals surface area contributed by atoms with Crippen LogP contribution in [0.4, 0.5) is 0 Å². The maximum absolute atomic E-state index is 5.76. The maximum atomic E-state index is 5.76. The number of ether oxygens (including phenoxy) is 2. The van der Waals surface area contributed by atoms with Crippen molar-refractivity contribution in [3.8, 4) is 5.75 Å². The largest absolute Gasteiger partial charge is 0.491 e. The van der Waals surface area contributed by atoms with Crippen LogP contribution >= 0.6 is 0 Å². The van der Waals surface area contributed by atoms with Gasteiger partial charge >= 0.3 is 0 Å². The third-order valence-corrected chi connectivity index (χ3v) is 3.58. The van der Waals surface area contributed by atoms with Crippen molar-refractivity contribution in [3.05, 3.63) is 29.8 Å². The fourth-order valence-corrected chi connectivity index (χ4v) is 2.99. The highest BCUT2D eigenvalue weighted by atomic mass is 16.5. The van der Waals surface area contributed by atoms with Crippen LogP contribution in [0.15, 0.2) is 24.3 Å². The summed E-state index contributed by atoms with van der Waals surface area (Å²) in [6.07, 6.45) is 1.15. The second-order valence-corrected chi connectivity index (χ2v) is 9.32. The number of hydrogen-bond donors (Lipinski definition) is 0. The van der Waals surface area contributed by atoms with Crippen LogP contribution in [0.5, 0.6) is 5.75 Å². The van der Waals surface area contributed by atoms with E-state index in [-0.39, 0.29) is 5.41 Å². The first-order valence-corrected chi connectivity index (χ1v) is 8.51. The molecule has 0 atom stereocenters.